The van der Waals surface area contributed by atoms with Crippen molar-refractivity contribution in [1.82, 2.24) is 5.32 Å². The second kappa shape index (κ2) is 8.72. The molecule has 0 saturated carbocycles. The molecule has 2 aromatic rings. The summed E-state index contributed by atoms with van der Waals surface area (Å²) in [7, 11) is 0. The van der Waals surface area contributed by atoms with Crippen LogP contribution in [0.5, 0.6) is 5.75 Å². The molecule has 0 unspecified atom stereocenters. The lowest BCUT2D eigenvalue weighted by molar-refractivity contribution is -0.123. The van der Waals surface area contributed by atoms with Crippen LogP contribution in [-0.4, -0.2) is 25.1 Å². The Labute approximate surface area is 141 Å². The SMILES string of the molecule is CCOC(=O)c1cccc(OCC(=O)N[C@@H](C)c2ccccc2)c1. The van der Waals surface area contributed by atoms with Gasteiger partial charge in [-0.2, -0.15) is 0 Å². The highest BCUT2D eigenvalue weighted by Gasteiger charge is 2.11. The van der Waals surface area contributed by atoms with Gasteiger partial charge < -0.3 is 14.8 Å². The summed E-state index contributed by atoms with van der Waals surface area (Å²) in [5.74, 6) is -0.193. The molecule has 0 aliphatic heterocycles. The first kappa shape index (κ1) is 17.5. The minimum absolute atomic E-state index is 0.104. The topological polar surface area (TPSA) is 64.6 Å². The van der Waals surface area contributed by atoms with Crippen LogP contribution >= 0.6 is 0 Å². The van der Waals surface area contributed by atoms with E-state index >= 15 is 0 Å². The second-order valence-electron chi connectivity index (χ2n) is 5.24. The third-order valence-electron chi connectivity index (χ3n) is 3.39. The summed E-state index contributed by atoms with van der Waals surface area (Å²) in [6.45, 7) is 3.85. The maximum absolute atomic E-state index is 12.0. The van der Waals surface area contributed by atoms with Crippen molar-refractivity contribution in [1.29, 1.82) is 0 Å². The predicted octanol–water partition coefficient (Wildman–Crippen LogP) is 3.12. The molecule has 24 heavy (non-hydrogen) atoms. The van der Waals surface area contributed by atoms with E-state index in [1.54, 1.807) is 31.2 Å². The lowest BCUT2D eigenvalue weighted by Crippen LogP contribution is -2.31. The first-order valence-electron chi connectivity index (χ1n) is 7.84. The van der Waals surface area contributed by atoms with Crippen molar-refractivity contribution in [2.45, 2.75) is 19.9 Å². The molecular formula is C19H21NO4. The van der Waals surface area contributed by atoms with E-state index in [2.05, 4.69) is 5.32 Å². The molecule has 1 amide bonds. The van der Waals surface area contributed by atoms with E-state index in [1.807, 2.05) is 37.3 Å². The van der Waals surface area contributed by atoms with Crippen LogP contribution in [0.2, 0.25) is 0 Å². The largest absolute Gasteiger partial charge is 0.484 e. The quantitative estimate of drug-likeness (QED) is 0.794. The summed E-state index contributed by atoms with van der Waals surface area (Å²) >= 11 is 0. The minimum atomic E-state index is -0.412. The van der Waals surface area contributed by atoms with Gasteiger partial charge in [0.05, 0.1) is 18.2 Å². The zero-order valence-electron chi connectivity index (χ0n) is 13.8. The molecule has 0 aromatic heterocycles. The maximum Gasteiger partial charge on any atom is 0.338 e. The summed E-state index contributed by atoms with van der Waals surface area (Å²) in [6.07, 6.45) is 0. The van der Waals surface area contributed by atoms with Gasteiger partial charge in [-0.15, -0.1) is 0 Å². The number of carbonyl (C=O) groups excluding carboxylic acids is 2. The number of ether oxygens (including phenoxy) is 2. The average Bonchev–Trinajstić information content (AvgIpc) is 2.61. The summed E-state index contributed by atoms with van der Waals surface area (Å²) in [6, 6.07) is 16.2. The van der Waals surface area contributed by atoms with E-state index in [0.29, 0.717) is 17.9 Å². The summed E-state index contributed by atoms with van der Waals surface area (Å²) in [5.41, 5.74) is 1.42. The predicted molar refractivity (Wildman–Crippen MR) is 90.9 cm³/mol. The van der Waals surface area contributed by atoms with Gasteiger partial charge in [0.1, 0.15) is 5.75 Å². The van der Waals surface area contributed by atoms with E-state index in [0.717, 1.165) is 5.56 Å². The van der Waals surface area contributed by atoms with Crippen molar-refractivity contribution in [3.05, 3.63) is 65.7 Å². The second-order valence-corrected chi connectivity index (χ2v) is 5.24. The van der Waals surface area contributed by atoms with Crippen molar-refractivity contribution in [3.8, 4) is 5.75 Å². The molecule has 2 rings (SSSR count). The molecule has 2 aromatic carbocycles. The fourth-order valence-corrected chi connectivity index (χ4v) is 2.18. The minimum Gasteiger partial charge on any atom is -0.484 e. The van der Waals surface area contributed by atoms with Gasteiger partial charge in [0.25, 0.3) is 5.91 Å². The van der Waals surface area contributed by atoms with Crippen LogP contribution in [0.3, 0.4) is 0 Å². The number of carbonyl (C=O) groups is 2. The molecule has 1 N–H and O–H groups in total. The number of amides is 1. The number of hydrogen-bond acceptors (Lipinski definition) is 4. The summed E-state index contributed by atoms with van der Waals surface area (Å²) < 4.78 is 10.4. The number of nitrogens with one attached hydrogen (secondary N) is 1. The Morgan fingerprint density at radius 3 is 2.54 bits per heavy atom. The molecular weight excluding hydrogens is 306 g/mol. The molecule has 0 saturated heterocycles. The molecule has 5 heteroatoms. The Kier molecular flexibility index (Phi) is 6.37. The zero-order chi connectivity index (χ0) is 17.4. The lowest BCUT2D eigenvalue weighted by atomic mass is 10.1. The highest BCUT2D eigenvalue weighted by Crippen LogP contribution is 2.15. The average molecular weight is 327 g/mol. The van der Waals surface area contributed by atoms with Gasteiger partial charge >= 0.3 is 5.97 Å². The highest BCUT2D eigenvalue weighted by molar-refractivity contribution is 5.89. The van der Waals surface area contributed by atoms with E-state index in [9.17, 15) is 9.59 Å². The Hall–Kier alpha value is -2.82. The third-order valence-corrected chi connectivity index (χ3v) is 3.39. The van der Waals surface area contributed by atoms with Crippen LogP contribution in [0.4, 0.5) is 0 Å². The van der Waals surface area contributed by atoms with Crippen LogP contribution < -0.4 is 10.1 Å². The first-order valence-corrected chi connectivity index (χ1v) is 7.84. The Bertz CT molecular complexity index is 685. The van der Waals surface area contributed by atoms with Crippen LogP contribution in [0.25, 0.3) is 0 Å². The van der Waals surface area contributed by atoms with Crippen molar-refractivity contribution < 1.29 is 19.1 Å². The Balaban J connectivity index is 1.87. The maximum atomic E-state index is 12.0. The van der Waals surface area contributed by atoms with Gasteiger partial charge in [-0.05, 0) is 37.6 Å². The van der Waals surface area contributed by atoms with E-state index in [4.69, 9.17) is 9.47 Å². The molecule has 0 aliphatic rings. The molecule has 5 nitrogen and oxygen atoms in total. The summed E-state index contributed by atoms with van der Waals surface area (Å²) in [5, 5.41) is 2.87. The standard InChI is InChI=1S/C19H21NO4/c1-3-23-19(22)16-10-7-11-17(12-16)24-13-18(21)20-14(2)15-8-5-4-6-9-15/h4-12,14H,3,13H2,1-2H3,(H,20,21)/t14-/m0/s1. The first-order chi connectivity index (χ1) is 11.6. The van der Waals surface area contributed by atoms with Gasteiger partial charge in [0.15, 0.2) is 6.61 Å². The monoisotopic (exact) mass is 327 g/mol. The highest BCUT2D eigenvalue weighted by atomic mass is 16.5. The molecule has 0 radical (unpaired) electrons. The van der Waals surface area contributed by atoms with Crippen molar-refractivity contribution in [2.24, 2.45) is 0 Å². The zero-order valence-corrected chi connectivity index (χ0v) is 13.8. The Morgan fingerprint density at radius 2 is 1.83 bits per heavy atom. The van der Waals surface area contributed by atoms with Crippen LogP contribution in [0, 0.1) is 0 Å². The van der Waals surface area contributed by atoms with Gasteiger partial charge in [-0.25, -0.2) is 4.79 Å². The smallest absolute Gasteiger partial charge is 0.338 e. The van der Waals surface area contributed by atoms with Gasteiger partial charge in [0.2, 0.25) is 0 Å². The normalized spacial score (nSPS) is 11.4. The van der Waals surface area contributed by atoms with Crippen molar-refractivity contribution >= 4 is 11.9 Å². The number of rotatable bonds is 7. The lowest BCUT2D eigenvalue weighted by Gasteiger charge is -2.14. The van der Waals surface area contributed by atoms with E-state index < -0.39 is 5.97 Å². The van der Waals surface area contributed by atoms with Gasteiger partial charge in [-0.3, -0.25) is 4.79 Å². The van der Waals surface area contributed by atoms with Gasteiger partial charge in [0, 0.05) is 0 Å². The fraction of sp³-hybridized carbons (Fsp3) is 0.263. The Morgan fingerprint density at radius 1 is 1.08 bits per heavy atom. The number of esters is 1. The summed E-state index contributed by atoms with van der Waals surface area (Å²) in [4.78, 5) is 23.7. The third kappa shape index (κ3) is 5.12. The van der Waals surface area contributed by atoms with Crippen LogP contribution in [-0.2, 0) is 9.53 Å². The number of benzene rings is 2. The van der Waals surface area contributed by atoms with Gasteiger partial charge in [-0.1, -0.05) is 36.4 Å². The molecule has 0 bridgehead atoms. The molecule has 0 spiro atoms. The molecule has 126 valence electrons. The van der Waals surface area contributed by atoms with E-state index in [1.165, 1.54) is 0 Å². The van der Waals surface area contributed by atoms with Crippen molar-refractivity contribution in [3.63, 3.8) is 0 Å². The van der Waals surface area contributed by atoms with Crippen LogP contribution in [0.15, 0.2) is 54.6 Å². The number of hydrogen-bond donors (Lipinski definition) is 1. The fourth-order valence-electron chi connectivity index (χ4n) is 2.18. The molecule has 1 atom stereocenters. The molecule has 0 heterocycles. The van der Waals surface area contributed by atoms with Crippen LogP contribution in [0.1, 0.15) is 35.8 Å². The van der Waals surface area contributed by atoms with E-state index in [-0.39, 0.29) is 18.6 Å². The molecule has 0 fully saturated rings. The molecule has 0 aliphatic carbocycles. The van der Waals surface area contributed by atoms with Crippen molar-refractivity contribution in [2.75, 3.05) is 13.2 Å².